The zero-order chi connectivity index (χ0) is 23.2. The van der Waals surface area contributed by atoms with Crippen LogP contribution in [0.3, 0.4) is 0 Å². The van der Waals surface area contributed by atoms with Crippen LogP contribution in [0, 0.1) is 0 Å². The Hall–Kier alpha value is -4.04. The molecule has 3 aromatic heterocycles. The molecule has 0 atom stereocenters. The number of rotatable bonds is 4. The van der Waals surface area contributed by atoms with E-state index in [1.54, 1.807) is 7.11 Å². The highest BCUT2D eigenvalue weighted by Crippen LogP contribution is 2.32. The Balaban J connectivity index is 1.41. The fourth-order valence-electron chi connectivity index (χ4n) is 4.64. The molecule has 8 heteroatoms. The van der Waals surface area contributed by atoms with E-state index in [1.807, 2.05) is 36.3 Å². The summed E-state index contributed by atoms with van der Waals surface area (Å²) in [5.41, 5.74) is 7.17. The van der Waals surface area contributed by atoms with Crippen molar-refractivity contribution in [1.29, 1.82) is 0 Å². The summed E-state index contributed by atoms with van der Waals surface area (Å²) >= 11 is 0. The van der Waals surface area contributed by atoms with Crippen LogP contribution in [0.1, 0.15) is 11.3 Å². The van der Waals surface area contributed by atoms with Crippen molar-refractivity contribution in [3.05, 3.63) is 66.1 Å². The van der Waals surface area contributed by atoms with Gasteiger partial charge in [-0.25, -0.2) is 15.0 Å². The van der Waals surface area contributed by atoms with Crippen molar-refractivity contribution in [3.63, 3.8) is 0 Å². The van der Waals surface area contributed by atoms with Gasteiger partial charge in [0.15, 0.2) is 0 Å². The normalized spacial score (nSPS) is 13.9. The van der Waals surface area contributed by atoms with Crippen LogP contribution in [0.2, 0.25) is 0 Å². The molecule has 1 aliphatic rings. The number of aromatic nitrogens is 5. The van der Waals surface area contributed by atoms with Crippen molar-refractivity contribution < 1.29 is 4.74 Å². The molecule has 34 heavy (non-hydrogen) atoms. The van der Waals surface area contributed by atoms with Crippen LogP contribution in [-0.2, 0) is 20.0 Å². The molecule has 0 radical (unpaired) electrons. The number of likely N-dealkylation sites (N-methyl/N-ethyl adjacent to an activating group) is 1. The number of para-hydroxylation sites is 1. The standard InChI is InChI=1S/C26H25N7O/c1-32-10-9-21-19(15-32)12-22(25(29-21)34-3)30-26-27-13-17-5-4-6-20(24(17)31-26)16-7-8-23-18(11-16)14-28-33(23)2/h4-8,11-14H,9-10,15H2,1-3H3,(H,27,30,31). The minimum atomic E-state index is 0.506. The van der Waals surface area contributed by atoms with Crippen LogP contribution in [0.15, 0.2) is 54.9 Å². The lowest BCUT2D eigenvalue weighted by Gasteiger charge is -2.25. The topological polar surface area (TPSA) is 81.0 Å². The number of aryl methyl sites for hydroxylation is 1. The highest BCUT2D eigenvalue weighted by Gasteiger charge is 2.19. The number of methoxy groups -OCH3 is 1. The number of nitrogens with zero attached hydrogens (tertiary/aromatic N) is 6. The van der Waals surface area contributed by atoms with Crippen LogP contribution in [0.4, 0.5) is 11.6 Å². The van der Waals surface area contributed by atoms with Crippen molar-refractivity contribution in [2.45, 2.75) is 13.0 Å². The second-order valence-corrected chi connectivity index (χ2v) is 8.74. The molecule has 170 valence electrons. The van der Waals surface area contributed by atoms with E-state index < -0.39 is 0 Å². The lowest BCUT2D eigenvalue weighted by Crippen LogP contribution is -2.27. The Morgan fingerprint density at radius 1 is 1.00 bits per heavy atom. The smallest absolute Gasteiger partial charge is 0.237 e. The van der Waals surface area contributed by atoms with Gasteiger partial charge in [-0.05, 0) is 36.4 Å². The minimum Gasteiger partial charge on any atom is -0.480 e. The molecule has 8 nitrogen and oxygen atoms in total. The molecule has 2 aromatic carbocycles. The maximum atomic E-state index is 5.58. The largest absolute Gasteiger partial charge is 0.480 e. The fraction of sp³-hybridized carbons (Fsp3) is 0.231. The highest BCUT2D eigenvalue weighted by atomic mass is 16.5. The van der Waals surface area contributed by atoms with Crippen LogP contribution in [-0.4, -0.2) is 50.3 Å². The van der Waals surface area contributed by atoms with Crippen LogP contribution < -0.4 is 10.1 Å². The summed E-state index contributed by atoms with van der Waals surface area (Å²) in [5, 5.41) is 9.79. The van der Waals surface area contributed by atoms with E-state index in [2.05, 4.69) is 57.7 Å². The molecule has 4 heterocycles. The number of ether oxygens (including phenoxy) is 1. The highest BCUT2D eigenvalue weighted by molar-refractivity contribution is 5.96. The molecular formula is C26H25N7O. The molecule has 0 amide bonds. The van der Waals surface area contributed by atoms with Gasteiger partial charge in [0, 0.05) is 49.1 Å². The van der Waals surface area contributed by atoms with Gasteiger partial charge in [-0.15, -0.1) is 0 Å². The molecule has 0 bridgehead atoms. The molecule has 0 aliphatic carbocycles. The Morgan fingerprint density at radius 3 is 2.79 bits per heavy atom. The fourth-order valence-corrected chi connectivity index (χ4v) is 4.64. The first-order valence-electron chi connectivity index (χ1n) is 11.3. The molecule has 1 aliphatic heterocycles. The maximum absolute atomic E-state index is 5.58. The SMILES string of the molecule is COc1nc2c(cc1Nc1ncc3cccc(-c4ccc5c(cnn5C)c4)c3n1)CN(C)CC2. The lowest BCUT2D eigenvalue weighted by atomic mass is 10.0. The summed E-state index contributed by atoms with van der Waals surface area (Å²) in [6, 6.07) is 14.6. The Labute approximate surface area is 197 Å². The quantitative estimate of drug-likeness (QED) is 0.436. The molecule has 1 N–H and O–H groups in total. The van der Waals surface area contributed by atoms with Gasteiger partial charge in [-0.3, -0.25) is 4.68 Å². The zero-order valence-corrected chi connectivity index (χ0v) is 19.4. The van der Waals surface area contributed by atoms with Crippen molar-refractivity contribution in [2.24, 2.45) is 7.05 Å². The van der Waals surface area contributed by atoms with Crippen molar-refractivity contribution in [3.8, 4) is 17.0 Å². The van der Waals surface area contributed by atoms with Crippen molar-refractivity contribution in [2.75, 3.05) is 26.0 Å². The third kappa shape index (κ3) is 3.52. The van der Waals surface area contributed by atoms with Crippen molar-refractivity contribution >= 4 is 33.4 Å². The van der Waals surface area contributed by atoms with E-state index in [9.17, 15) is 0 Å². The predicted octanol–water partition coefficient (Wildman–Crippen LogP) is 4.32. The molecule has 5 aromatic rings. The average Bonchev–Trinajstić information content (AvgIpc) is 3.23. The summed E-state index contributed by atoms with van der Waals surface area (Å²) < 4.78 is 7.46. The van der Waals surface area contributed by atoms with E-state index in [4.69, 9.17) is 14.7 Å². The van der Waals surface area contributed by atoms with Gasteiger partial charge in [0.25, 0.3) is 0 Å². The average molecular weight is 452 g/mol. The molecule has 0 saturated heterocycles. The van der Waals surface area contributed by atoms with E-state index in [-0.39, 0.29) is 0 Å². The van der Waals surface area contributed by atoms with Crippen LogP contribution in [0.5, 0.6) is 5.88 Å². The molecule has 6 rings (SSSR count). The van der Waals surface area contributed by atoms with Crippen LogP contribution >= 0.6 is 0 Å². The Bertz CT molecular complexity index is 1540. The minimum absolute atomic E-state index is 0.506. The van der Waals surface area contributed by atoms with E-state index in [1.165, 1.54) is 5.56 Å². The number of nitrogens with one attached hydrogen (secondary N) is 1. The summed E-state index contributed by atoms with van der Waals surface area (Å²) in [5.74, 6) is 1.06. The number of fused-ring (bicyclic) bond motifs is 3. The maximum Gasteiger partial charge on any atom is 0.237 e. The summed E-state index contributed by atoms with van der Waals surface area (Å²) in [4.78, 5) is 16.5. The van der Waals surface area contributed by atoms with Gasteiger partial charge in [0.2, 0.25) is 11.8 Å². The third-order valence-electron chi connectivity index (χ3n) is 6.43. The van der Waals surface area contributed by atoms with Gasteiger partial charge in [-0.2, -0.15) is 5.10 Å². The number of benzene rings is 2. The van der Waals surface area contributed by atoms with Crippen molar-refractivity contribution in [1.82, 2.24) is 29.6 Å². The van der Waals surface area contributed by atoms with Gasteiger partial charge in [0.05, 0.1) is 30.0 Å². The molecule has 0 unspecified atom stereocenters. The Morgan fingerprint density at radius 2 is 1.91 bits per heavy atom. The summed E-state index contributed by atoms with van der Waals surface area (Å²) in [6.45, 7) is 1.86. The molecule has 0 saturated carbocycles. The number of hydrogen-bond donors (Lipinski definition) is 1. The monoisotopic (exact) mass is 451 g/mol. The van der Waals surface area contributed by atoms with E-state index >= 15 is 0 Å². The first-order valence-corrected chi connectivity index (χ1v) is 11.3. The first-order chi connectivity index (χ1) is 16.6. The van der Waals surface area contributed by atoms with Crippen LogP contribution in [0.25, 0.3) is 32.9 Å². The van der Waals surface area contributed by atoms with Gasteiger partial charge < -0.3 is 15.0 Å². The summed E-state index contributed by atoms with van der Waals surface area (Å²) in [7, 11) is 5.72. The zero-order valence-electron chi connectivity index (χ0n) is 19.4. The van der Waals surface area contributed by atoms with E-state index in [0.717, 1.165) is 63.8 Å². The number of pyridine rings is 1. The Kier molecular flexibility index (Phi) is 4.88. The summed E-state index contributed by atoms with van der Waals surface area (Å²) in [6.07, 6.45) is 4.65. The predicted molar refractivity (Wildman–Crippen MR) is 133 cm³/mol. The second kappa shape index (κ2) is 8.07. The number of hydrogen-bond acceptors (Lipinski definition) is 7. The van der Waals surface area contributed by atoms with E-state index in [0.29, 0.717) is 11.8 Å². The lowest BCUT2D eigenvalue weighted by molar-refractivity contribution is 0.307. The molecular weight excluding hydrogens is 426 g/mol. The third-order valence-corrected chi connectivity index (χ3v) is 6.43. The van der Waals surface area contributed by atoms with Gasteiger partial charge in [0.1, 0.15) is 5.69 Å². The van der Waals surface area contributed by atoms with Gasteiger partial charge in [-0.1, -0.05) is 24.3 Å². The second-order valence-electron chi connectivity index (χ2n) is 8.74. The number of anilines is 2. The first kappa shape index (κ1) is 20.6. The molecule has 0 spiro atoms. The van der Waals surface area contributed by atoms with Gasteiger partial charge >= 0.3 is 0 Å². The molecule has 0 fully saturated rings.